The van der Waals surface area contributed by atoms with E-state index in [1.807, 2.05) is 6.92 Å². The summed E-state index contributed by atoms with van der Waals surface area (Å²) >= 11 is 0. The van der Waals surface area contributed by atoms with Gasteiger partial charge >= 0.3 is 0 Å². The molecule has 0 fully saturated rings. The van der Waals surface area contributed by atoms with Crippen molar-refractivity contribution in [1.82, 2.24) is 15.3 Å². The fraction of sp³-hybridized carbons (Fsp3) is 0.636. The van der Waals surface area contributed by atoms with Crippen LogP contribution in [0.5, 0.6) is 0 Å². The lowest BCUT2D eigenvalue weighted by atomic mass is 9.97. The Bertz CT molecular complexity index is 293. The number of carbonyl (C=O) groups excluding carboxylic acids is 1. The number of hydrogen-bond acceptors (Lipinski definition) is 2. The molecule has 2 N–H and O–H groups in total. The number of H-pyrrole nitrogens is 1. The molecular formula is C11H19N3O. The van der Waals surface area contributed by atoms with Gasteiger partial charge in [0.1, 0.15) is 5.82 Å². The van der Waals surface area contributed by atoms with Gasteiger partial charge < -0.3 is 10.3 Å². The fourth-order valence-electron chi connectivity index (χ4n) is 1.20. The van der Waals surface area contributed by atoms with E-state index in [1.54, 1.807) is 12.4 Å². The zero-order chi connectivity index (χ0) is 11.3. The van der Waals surface area contributed by atoms with E-state index in [2.05, 4.69) is 29.1 Å². The Hall–Kier alpha value is -1.32. The van der Waals surface area contributed by atoms with Crippen LogP contribution in [0.1, 0.15) is 26.6 Å². The second kappa shape index (κ2) is 5.53. The summed E-state index contributed by atoms with van der Waals surface area (Å²) in [5.74, 6) is 1.49. The van der Waals surface area contributed by atoms with Crippen LogP contribution in [0.3, 0.4) is 0 Å². The molecule has 4 heteroatoms. The molecule has 0 saturated carbocycles. The largest absolute Gasteiger partial charge is 0.355 e. The Kier molecular flexibility index (Phi) is 4.34. The summed E-state index contributed by atoms with van der Waals surface area (Å²) in [5.41, 5.74) is 0. The van der Waals surface area contributed by atoms with Crippen LogP contribution in [0.4, 0.5) is 0 Å². The first kappa shape index (κ1) is 11.8. The number of aromatic nitrogens is 2. The molecule has 1 amide bonds. The zero-order valence-corrected chi connectivity index (χ0v) is 9.58. The zero-order valence-electron chi connectivity index (χ0n) is 9.58. The van der Waals surface area contributed by atoms with Gasteiger partial charge in [0.15, 0.2) is 0 Å². The molecule has 0 aliphatic carbocycles. The van der Waals surface area contributed by atoms with Gasteiger partial charge in [-0.2, -0.15) is 0 Å². The Morgan fingerprint density at radius 2 is 2.27 bits per heavy atom. The molecule has 15 heavy (non-hydrogen) atoms. The van der Waals surface area contributed by atoms with Crippen LogP contribution in [0, 0.1) is 11.8 Å². The third-order valence-electron chi connectivity index (χ3n) is 2.63. The van der Waals surface area contributed by atoms with Crippen molar-refractivity contribution < 1.29 is 4.79 Å². The van der Waals surface area contributed by atoms with Gasteiger partial charge in [-0.25, -0.2) is 4.98 Å². The van der Waals surface area contributed by atoms with Crippen LogP contribution in [-0.2, 0) is 11.2 Å². The van der Waals surface area contributed by atoms with Crippen LogP contribution in [0.25, 0.3) is 0 Å². The van der Waals surface area contributed by atoms with E-state index in [1.165, 1.54) is 0 Å². The summed E-state index contributed by atoms with van der Waals surface area (Å²) in [5, 5.41) is 2.90. The highest BCUT2D eigenvalue weighted by Gasteiger charge is 2.15. The second-order valence-corrected chi connectivity index (χ2v) is 4.11. The highest BCUT2D eigenvalue weighted by molar-refractivity contribution is 5.78. The van der Waals surface area contributed by atoms with Gasteiger partial charge in [0.2, 0.25) is 5.91 Å². The number of nitrogens with one attached hydrogen (secondary N) is 2. The summed E-state index contributed by atoms with van der Waals surface area (Å²) in [4.78, 5) is 18.7. The first-order valence-corrected chi connectivity index (χ1v) is 5.37. The maximum Gasteiger partial charge on any atom is 0.223 e. The summed E-state index contributed by atoms with van der Waals surface area (Å²) in [7, 11) is 0. The van der Waals surface area contributed by atoms with E-state index >= 15 is 0 Å². The first-order chi connectivity index (χ1) is 7.11. The van der Waals surface area contributed by atoms with Crippen molar-refractivity contribution in [2.45, 2.75) is 27.2 Å². The molecule has 0 radical (unpaired) electrons. The number of amides is 1. The lowest BCUT2D eigenvalue weighted by Gasteiger charge is -2.14. The smallest absolute Gasteiger partial charge is 0.223 e. The van der Waals surface area contributed by atoms with Crippen molar-refractivity contribution in [3.63, 3.8) is 0 Å². The normalized spacial score (nSPS) is 12.8. The van der Waals surface area contributed by atoms with Gasteiger partial charge in [0.25, 0.3) is 0 Å². The number of imidazole rings is 1. The van der Waals surface area contributed by atoms with Crippen LogP contribution in [0.15, 0.2) is 12.4 Å². The summed E-state index contributed by atoms with van der Waals surface area (Å²) in [6.07, 6.45) is 4.26. The Morgan fingerprint density at radius 3 is 2.80 bits per heavy atom. The van der Waals surface area contributed by atoms with E-state index < -0.39 is 0 Å². The average molecular weight is 209 g/mol. The molecule has 1 atom stereocenters. The highest BCUT2D eigenvalue weighted by Crippen LogP contribution is 2.08. The molecule has 0 spiro atoms. The van der Waals surface area contributed by atoms with Crippen LogP contribution in [-0.4, -0.2) is 22.4 Å². The second-order valence-electron chi connectivity index (χ2n) is 4.11. The molecule has 0 aromatic carbocycles. The number of hydrogen-bond donors (Lipinski definition) is 2. The van der Waals surface area contributed by atoms with Crippen molar-refractivity contribution in [2.75, 3.05) is 6.54 Å². The number of rotatable bonds is 5. The molecule has 4 nitrogen and oxygen atoms in total. The van der Waals surface area contributed by atoms with Gasteiger partial charge in [0, 0.05) is 31.3 Å². The van der Waals surface area contributed by atoms with Crippen LogP contribution >= 0.6 is 0 Å². The van der Waals surface area contributed by atoms with Gasteiger partial charge in [-0.15, -0.1) is 0 Å². The van der Waals surface area contributed by atoms with Crippen LogP contribution < -0.4 is 5.32 Å². The van der Waals surface area contributed by atoms with Crippen molar-refractivity contribution in [3.05, 3.63) is 18.2 Å². The minimum atomic E-state index is 0.0709. The van der Waals surface area contributed by atoms with E-state index in [4.69, 9.17) is 0 Å². The minimum absolute atomic E-state index is 0.0709. The van der Waals surface area contributed by atoms with Gasteiger partial charge in [-0.05, 0) is 5.92 Å². The topological polar surface area (TPSA) is 57.8 Å². The standard InChI is InChI=1S/C11H19N3O/c1-8(2)9(3)11(15)14-5-4-10-12-6-7-13-10/h6-9H,4-5H2,1-3H3,(H,12,13)(H,14,15). The monoisotopic (exact) mass is 209 g/mol. The predicted octanol–water partition coefficient (Wildman–Crippen LogP) is 1.36. The number of nitrogens with zero attached hydrogens (tertiary/aromatic N) is 1. The minimum Gasteiger partial charge on any atom is -0.355 e. The molecule has 1 aromatic rings. The lowest BCUT2D eigenvalue weighted by Crippen LogP contribution is -2.33. The van der Waals surface area contributed by atoms with Gasteiger partial charge in [-0.3, -0.25) is 4.79 Å². The number of aromatic amines is 1. The van der Waals surface area contributed by atoms with E-state index in [0.29, 0.717) is 12.5 Å². The van der Waals surface area contributed by atoms with Crippen molar-refractivity contribution in [3.8, 4) is 0 Å². The molecule has 1 rings (SSSR count). The van der Waals surface area contributed by atoms with Crippen molar-refractivity contribution in [1.29, 1.82) is 0 Å². The summed E-state index contributed by atoms with van der Waals surface area (Å²) in [6.45, 7) is 6.70. The quantitative estimate of drug-likeness (QED) is 0.769. The highest BCUT2D eigenvalue weighted by atomic mass is 16.1. The number of carbonyl (C=O) groups is 1. The third kappa shape index (κ3) is 3.73. The fourth-order valence-corrected chi connectivity index (χ4v) is 1.20. The van der Waals surface area contributed by atoms with Crippen molar-refractivity contribution in [2.24, 2.45) is 11.8 Å². The molecule has 0 bridgehead atoms. The SMILES string of the molecule is CC(C)C(C)C(=O)NCCc1ncc[nH]1. The Morgan fingerprint density at radius 1 is 1.53 bits per heavy atom. The molecule has 1 unspecified atom stereocenters. The van der Waals surface area contributed by atoms with Gasteiger partial charge in [0.05, 0.1) is 0 Å². The van der Waals surface area contributed by atoms with E-state index in [9.17, 15) is 4.79 Å². The summed E-state index contributed by atoms with van der Waals surface area (Å²) < 4.78 is 0. The van der Waals surface area contributed by atoms with E-state index in [-0.39, 0.29) is 11.8 Å². The predicted molar refractivity (Wildman–Crippen MR) is 59.3 cm³/mol. The maximum absolute atomic E-state index is 11.6. The summed E-state index contributed by atoms with van der Waals surface area (Å²) in [6, 6.07) is 0. The average Bonchev–Trinajstić information content (AvgIpc) is 2.69. The Balaban J connectivity index is 2.23. The molecule has 84 valence electrons. The van der Waals surface area contributed by atoms with E-state index in [0.717, 1.165) is 12.2 Å². The molecule has 0 saturated heterocycles. The van der Waals surface area contributed by atoms with Crippen LogP contribution in [0.2, 0.25) is 0 Å². The Labute approximate surface area is 90.5 Å². The third-order valence-corrected chi connectivity index (χ3v) is 2.63. The molecule has 0 aliphatic heterocycles. The molecule has 1 aromatic heterocycles. The molecule has 1 heterocycles. The van der Waals surface area contributed by atoms with Gasteiger partial charge in [-0.1, -0.05) is 20.8 Å². The van der Waals surface area contributed by atoms with Crippen molar-refractivity contribution >= 4 is 5.91 Å². The molecule has 0 aliphatic rings. The maximum atomic E-state index is 11.6. The lowest BCUT2D eigenvalue weighted by molar-refractivity contribution is -0.125. The molecular weight excluding hydrogens is 190 g/mol. The first-order valence-electron chi connectivity index (χ1n) is 5.37.